The van der Waals surface area contributed by atoms with E-state index in [0.717, 1.165) is 37.5 Å². The molecule has 1 unspecified atom stereocenters. The maximum Gasteiger partial charge on any atom is 0.225 e. The van der Waals surface area contributed by atoms with E-state index in [2.05, 4.69) is 17.1 Å². The first-order chi connectivity index (χ1) is 10.0. The molecule has 0 saturated carbocycles. The number of nitrogens with zero attached hydrogens (tertiary/aromatic N) is 1. The van der Waals surface area contributed by atoms with Gasteiger partial charge in [0.2, 0.25) is 5.91 Å². The van der Waals surface area contributed by atoms with E-state index in [1.54, 1.807) is 0 Å². The molecule has 1 fully saturated rings. The summed E-state index contributed by atoms with van der Waals surface area (Å²) >= 11 is 4.89. The molecule has 6 heteroatoms. The summed E-state index contributed by atoms with van der Waals surface area (Å²) in [6.07, 6.45) is 0.721. The number of nitrogens with one attached hydrogen (secondary N) is 1. The molecule has 1 aromatic rings. The van der Waals surface area contributed by atoms with Gasteiger partial charge in [-0.15, -0.1) is 0 Å². The highest BCUT2D eigenvalue weighted by molar-refractivity contribution is 7.80. The van der Waals surface area contributed by atoms with Crippen molar-refractivity contribution in [3.05, 3.63) is 29.8 Å². The molecule has 21 heavy (non-hydrogen) atoms. The van der Waals surface area contributed by atoms with Crippen molar-refractivity contribution in [2.24, 2.45) is 5.73 Å². The molecular weight excluding hydrogens is 286 g/mol. The molecule has 1 aliphatic heterocycles. The third-order valence-electron chi connectivity index (χ3n) is 3.43. The first kappa shape index (κ1) is 15.9. The number of carbonyl (C=O) groups excluding carboxylic acids is 1. The van der Waals surface area contributed by atoms with Crippen LogP contribution in [0.5, 0.6) is 0 Å². The summed E-state index contributed by atoms with van der Waals surface area (Å²) in [5, 5.41) is 2.88. The van der Waals surface area contributed by atoms with Crippen LogP contribution in [0.3, 0.4) is 0 Å². The first-order valence-electron chi connectivity index (χ1n) is 7.08. The average Bonchev–Trinajstić information content (AvgIpc) is 2.46. The van der Waals surface area contributed by atoms with E-state index in [4.69, 9.17) is 22.7 Å². The zero-order valence-electron chi connectivity index (χ0n) is 12.2. The molecule has 0 aromatic heterocycles. The van der Waals surface area contributed by atoms with Gasteiger partial charge in [0.05, 0.1) is 12.7 Å². The van der Waals surface area contributed by atoms with Crippen LogP contribution in [0, 0.1) is 0 Å². The monoisotopic (exact) mass is 307 g/mol. The van der Waals surface area contributed by atoms with Crippen molar-refractivity contribution in [2.45, 2.75) is 19.4 Å². The molecule has 1 saturated heterocycles. The number of benzene rings is 1. The van der Waals surface area contributed by atoms with E-state index in [9.17, 15) is 4.79 Å². The Morgan fingerprint density at radius 1 is 1.48 bits per heavy atom. The van der Waals surface area contributed by atoms with Crippen LogP contribution in [-0.2, 0) is 9.53 Å². The molecule has 1 aromatic carbocycles. The number of nitrogens with two attached hydrogens (primary N) is 1. The Morgan fingerprint density at radius 3 is 2.81 bits per heavy atom. The highest BCUT2D eigenvalue weighted by atomic mass is 32.1. The number of morpholine rings is 1. The molecule has 0 aliphatic carbocycles. The molecular formula is C15H21N3O2S. The molecule has 2 rings (SSSR count). The third-order valence-corrected chi connectivity index (χ3v) is 3.67. The van der Waals surface area contributed by atoms with Crippen molar-refractivity contribution in [3.8, 4) is 0 Å². The number of anilines is 1. The SMILES string of the molecule is CC1CN(CCC(=O)Nc2ccc(C(N)=S)cc2)CCO1. The number of hydrogen-bond acceptors (Lipinski definition) is 4. The van der Waals surface area contributed by atoms with E-state index in [1.807, 2.05) is 24.3 Å². The fraction of sp³-hybridized carbons (Fsp3) is 0.467. The van der Waals surface area contributed by atoms with E-state index in [-0.39, 0.29) is 12.0 Å². The van der Waals surface area contributed by atoms with Crippen molar-refractivity contribution in [1.82, 2.24) is 4.90 Å². The van der Waals surface area contributed by atoms with Crippen molar-refractivity contribution in [3.63, 3.8) is 0 Å². The lowest BCUT2D eigenvalue weighted by Gasteiger charge is -2.30. The van der Waals surface area contributed by atoms with Gasteiger partial charge >= 0.3 is 0 Å². The van der Waals surface area contributed by atoms with Gasteiger partial charge in [-0.05, 0) is 31.2 Å². The Morgan fingerprint density at radius 2 is 2.19 bits per heavy atom. The average molecular weight is 307 g/mol. The van der Waals surface area contributed by atoms with Crippen molar-refractivity contribution >= 4 is 28.8 Å². The van der Waals surface area contributed by atoms with Gasteiger partial charge in [-0.1, -0.05) is 12.2 Å². The predicted molar refractivity (Wildman–Crippen MR) is 87.4 cm³/mol. The second-order valence-corrected chi connectivity index (χ2v) is 5.66. The zero-order valence-corrected chi connectivity index (χ0v) is 13.0. The van der Waals surface area contributed by atoms with E-state index in [0.29, 0.717) is 11.4 Å². The third kappa shape index (κ3) is 5.08. The summed E-state index contributed by atoms with van der Waals surface area (Å²) in [5.74, 6) is 0.0113. The molecule has 0 radical (unpaired) electrons. The quantitative estimate of drug-likeness (QED) is 0.804. The second-order valence-electron chi connectivity index (χ2n) is 5.22. The summed E-state index contributed by atoms with van der Waals surface area (Å²) in [6.45, 7) is 5.32. The number of carbonyl (C=O) groups is 1. The van der Waals surface area contributed by atoms with Crippen LogP contribution in [0.25, 0.3) is 0 Å². The smallest absolute Gasteiger partial charge is 0.225 e. The first-order valence-corrected chi connectivity index (χ1v) is 7.49. The number of ether oxygens (including phenoxy) is 1. The zero-order chi connectivity index (χ0) is 15.2. The van der Waals surface area contributed by atoms with Crippen LogP contribution in [-0.4, -0.2) is 48.1 Å². The molecule has 1 heterocycles. The van der Waals surface area contributed by atoms with Gasteiger partial charge in [0.25, 0.3) is 0 Å². The van der Waals surface area contributed by atoms with Crippen LogP contribution >= 0.6 is 12.2 Å². The standard InChI is InChI=1S/C15H21N3O2S/c1-11-10-18(8-9-20-11)7-6-14(19)17-13-4-2-12(3-5-13)15(16)21/h2-5,11H,6-10H2,1H3,(H2,16,21)(H,17,19). The summed E-state index contributed by atoms with van der Waals surface area (Å²) in [5.41, 5.74) is 7.09. The van der Waals surface area contributed by atoms with Gasteiger partial charge in [0, 0.05) is 37.3 Å². The van der Waals surface area contributed by atoms with Crippen molar-refractivity contribution in [2.75, 3.05) is 31.6 Å². The lowest BCUT2D eigenvalue weighted by atomic mass is 10.2. The van der Waals surface area contributed by atoms with Gasteiger partial charge in [0.15, 0.2) is 0 Å². The maximum atomic E-state index is 11.9. The fourth-order valence-corrected chi connectivity index (χ4v) is 2.43. The Bertz CT molecular complexity index is 504. The predicted octanol–water partition coefficient (Wildman–Crippen LogP) is 1.37. The van der Waals surface area contributed by atoms with Crippen LogP contribution < -0.4 is 11.1 Å². The summed E-state index contributed by atoms with van der Waals surface area (Å²) in [7, 11) is 0. The molecule has 0 bridgehead atoms. The van der Waals surface area contributed by atoms with Gasteiger partial charge < -0.3 is 15.8 Å². The molecule has 114 valence electrons. The minimum Gasteiger partial charge on any atom is -0.389 e. The Hall–Kier alpha value is -1.50. The minimum atomic E-state index is 0.0113. The van der Waals surface area contributed by atoms with Gasteiger partial charge in [-0.2, -0.15) is 0 Å². The van der Waals surface area contributed by atoms with E-state index >= 15 is 0 Å². The van der Waals surface area contributed by atoms with Gasteiger partial charge in [-0.3, -0.25) is 9.69 Å². The molecule has 3 N–H and O–H groups in total. The number of rotatable bonds is 5. The molecule has 5 nitrogen and oxygen atoms in total. The molecule has 0 spiro atoms. The summed E-state index contributed by atoms with van der Waals surface area (Å²) in [6, 6.07) is 7.23. The number of thiocarbonyl (C=S) groups is 1. The van der Waals surface area contributed by atoms with Gasteiger partial charge in [-0.25, -0.2) is 0 Å². The van der Waals surface area contributed by atoms with Crippen LogP contribution in [0.15, 0.2) is 24.3 Å². The van der Waals surface area contributed by atoms with Crippen molar-refractivity contribution in [1.29, 1.82) is 0 Å². The molecule has 1 atom stereocenters. The van der Waals surface area contributed by atoms with Crippen LogP contribution in [0.4, 0.5) is 5.69 Å². The lowest BCUT2D eigenvalue weighted by molar-refractivity contribution is -0.117. The summed E-state index contributed by atoms with van der Waals surface area (Å²) in [4.78, 5) is 14.5. The number of hydrogen-bond donors (Lipinski definition) is 2. The molecule has 1 aliphatic rings. The second kappa shape index (κ2) is 7.49. The van der Waals surface area contributed by atoms with E-state index in [1.165, 1.54) is 0 Å². The minimum absolute atomic E-state index is 0.0113. The van der Waals surface area contributed by atoms with Crippen LogP contribution in [0.1, 0.15) is 18.9 Å². The Balaban J connectivity index is 1.77. The summed E-state index contributed by atoms with van der Waals surface area (Å²) < 4.78 is 5.48. The number of amides is 1. The lowest BCUT2D eigenvalue weighted by Crippen LogP contribution is -2.42. The highest BCUT2D eigenvalue weighted by Crippen LogP contribution is 2.10. The van der Waals surface area contributed by atoms with Gasteiger partial charge in [0.1, 0.15) is 4.99 Å². The topological polar surface area (TPSA) is 67.6 Å². The maximum absolute atomic E-state index is 11.9. The molecule has 1 amide bonds. The Labute approximate surface area is 130 Å². The Kier molecular flexibility index (Phi) is 5.67. The highest BCUT2D eigenvalue weighted by Gasteiger charge is 2.17. The largest absolute Gasteiger partial charge is 0.389 e. The van der Waals surface area contributed by atoms with E-state index < -0.39 is 0 Å². The fourth-order valence-electron chi connectivity index (χ4n) is 2.29. The normalized spacial score (nSPS) is 19.2. The van der Waals surface area contributed by atoms with Crippen LogP contribution in [0.2, 0.25) is 0 Å². The van der Waals surface area contributed by atoms with Crippen molar-refractivity contribution < 1.29 is 9.53 Å².